The highest BCUT2D eigenvalue weighted by Gasteiger charge is 2.15. The maximum Gasteiger partial charge on any atom is 0.340 e. The van der Waals surface area contributed by atoms with Gasteiger partial charge in [0.2, 0.25) is 0 Å². The molecule has 1 rings (SSSR count). The van der Waals surface area contributed by atoms with Crippen molar-refractivity contribution in [1.29, 1.82) is 0 Å². The molecule has 0 bridgehead atoms. The second kappa shape index (κ2) is 3.15. The molecule has 1 N–H and O–H groups in total. The summed E-state index contributed by atoms with van der Waals surface area (Å²) < 4.78 is 1.46. The minimum Gasteiger partial charge on any atom is -0.478 e. The van der Waals surface area contributed by atoms with Gasteiger partial charge < -0.3 is 5.11 Å². The standard InChI is InChI=1S/C7H9ClN2O2/c1-4(2)10-6(8)5(3-9-10)7(11)12/h3-4H,1-2H3,(H,11,12). The first kappa shape index (κ1) is 9.06. The molecule has 0 atom stereocenters. The molecule has 1 aromatic heterocycles. The molecule has 0 radical (unpaired) electrons. The molecular weight excluding hydrogens is 180 g/mol. The van der Waals surface area contributed by atoms with Crippen LogP contribution in [0.25, 0.3) is 0 Å². The van der Waals surface area contributed by atoms with Crippen LogP contribution in [-0.2, 0) is 0 Å². The van der Waals surface area contributed by atoms with Crippen LogP contribution in [0.15, 0.2) is 6.20 Å². The highest BCUT2D eigenvalue weighted by molar-refractivity contribution is 6.32. The number of carbonyl (C=O) groups is 1. The number of halogens is 1. The normalized spacial score (nSPS) is 10.7. The number of aromatic carboxylic acids is 1. The lowest BCUT2D eigenvalue weighted by Gasteiger charge is -2.05. The predicted octanol–water partition coefficient (Wildman–Crippen LogP) is 1.82. The maximum atomic E-state index is 10.5. The summed E-state index contributed by atoms with van der Waals surface area (Å²) in [6.45, 7) is 3.76. The van der Waals surface area contributed by atoms with Gasteiger partial charge in [0, 0.05) is 6.04 Å². The fraction of sp³-hybridized carbons (Fsp3) is 0.429. The minimum absolute atomic E-state index is 0.0466. The largest absolute Gasteiger partial charge is 0.478 e. The highest BCUT2D eigenvalue weighted by Crippen LogP contribution is 2.18. The van der Waals surface area contributed by atoms with Gasteiger partial charge in [-0.25, -0.2) is 4.79 Å². The molecule has 5 heteroatoms. The first-order valence-corrected chi connectivity index (χ1v) is 3.88. The molecule has 66 valence electrons. The van der Waals surface area contributed by atoms with E-state index < -0.39 is 5.97 Å². The van der Waals surface area contributed by atoms with Crippen molar-refractivity contribution >= 4 is 17.6 Å². The second-order valence-corrected chi connectivity index (χ2v) is 3.05. The van der Waals surface area contributed by atoms with Crippen LogP contribution in [0.2, 0.25) is 5.15 Å². The summed E-state index contributed by atoms with van der Waals surface area (Å²) in [7, 11) is 0. The summed E-state index contributed by atoms with van der Waals surface area (Å²) in [6.07, 6.45) is 1.25. The number of rotatable bonds is 2. The molecule has 0 aliphatic carbocycles. The summed E-state index contributed by atoms with van der Waals surface area (Å²) in [6, 6.07) is 0.0746. The molecule has 0 saturated heterocycles. The molecule has 1 heterocycles. The minimum atomic E-state index is -1.05. The van der Waals surface area contributed by atoms with Gasteiger partial charge in [-0.2, -0.15) is 5.10 Å². The van der Waals surface area contributed by atoms with Gasteiger partial charge >= 0.3 is 5.97 Å². The SMILES string of the molecule is CC(C)n1ncc(C(=O)O)c1Cl. The Hall–Kier alpha value is -1.03. The number of hydrogen-bond donors (Lipinski definition) is 1. The quantitative estimate of drug-likeness (QED) is 0.770. The monoisotopic (exact) mass is 188 g/mol. The summed E-state index contributed by atoms with van der Waals surface area (Å²) in [5.41, 5.74) is 0.0466. The molecular formula is C7H9ClN2O2. The van der Waals surface area contributed by atoms with Crippen molar-refractivity contribution in [1.82, 2.24) is 9.78 Å². The van der Waals surface area contributed by atoms with Crippen LogP contribution in [0, 0.1) is 0 Å². The van der Waals surface area contributed by atoms with E-state index in [9.17, 15) is 4.79 Å². The molecule has 0 fully saturated rings. The van der Waals surface area contributed by atoms with E-state index >= 15 is 0 Å². The third-order valence-electron chi connectivity index (χ3n) is 1.45. The molecule has 0 unspecified atom stereocenters. The van der Waals surface area contributed by atoms with Crippen LogP contribution in [0.4, 0.5) is 0 Å². The Balaban J connectivity index is 3.13. The first-order chi connectivity index (χ1) is 5.54. The van der Waals surface area contributed by atoms with Gasteiger partial charge in [0.25, 0.3) is 0 Å². The molecule has 4 nitrogen and oxygen atoms in total. The van der Waals surface area contributed by atoms with Crippen LogP contribution in [0.1, 0.15) is 30.2 Å². The van der Waals surface area contributed by atoms with Crippen molar-refractivity contribution in [2.45, 2.75) is 19.9 Å². The third kappa shape index (κ3) is 1.43. The number of carboxylic acids is 1. The number of carboxylic acid groups (broad SMARTS) is 1. The Kier molecular flexibility index (Phi) is 2.38. The molecule has 0 spiro atoms. The van der Waals surface area contributed by atoms with Crippen LogP contribution in [-0.4, -0.2) is 20.9 Å². The van der Waals surface area contributed by atoms with Crippen LogP contribution in [0.5, 0.6) is 0 Å². The van der Waals surface area contributed by atoms with Gasteiger partial charge in [0.1, 0.15) is 10.7 Å². The van der Waals surface area contributed by atoms with Crippen molar-refractivity contribution < 1.29 is 9.90 Å². The van der Waals surface area contributed by atoms with E-state index in [-0.39, 0.29) is 16.8 Å². The van der Waals surface area contributed by atoms with Gasteiger partial charge in [-0.1, -0.05) is 11.6 Å². The summed E-state index contributed by atoms with van der Waals surface area (Å²) in [5.74, 6) is -1.05. The Bertz CT molecular complexity index is 306. The van der Waals surface area contributed by atoms with E-state index in [1.165, 1.54) is 10.9 Å². The summed E-state index contributed by atoms with van der Waals surface area (Å²) >= 11 is 5.73. The van der Waals surface area contributed by atoms with Gasteiger partial charge in [-0.15, -0.1) is 0 Å². The van der Waals surface area contributed by atoms with Crippen molar-refractivity contribution in [3.05, 3.63) is 16.9 Å². The second-order valence-electron chi connectivity index (χ2n) is 2.69. The fourth-order valence-corrected chi connectivity index (χ4v) is 1.22. The molecule has 0 aliphatic rings. The van der Waals surface area contributed by atoms with E-state index in [0.717, 1.165) is 0 Å². The van der Waals surface area contributed by atoms with Gasteiger partial charge in [0.05, 0.1) is 6.20 Å². The van der Waals surface area contributed by atoms with Gasteiger partial charge in [-0.05, 0) is 13.8 Å². The van der Waals surface area contributed by atoms with E-state index in [4.69, 9.17) is 16.7 Å². The van der Waals surface area contributed by atoms with E-state index in [0.29, 0.717) is 0 Å². The summed E-state index contributed by atoms with van der Waals surface area (Å²) in [4.78, 5) is 10.5. The maximum absolute atomic E-state index is 10.5. The molecule has 0 saturated carbocycles. The lowest BCUT2D eigenvalue weighted by Crippen LogP contribution is -2.03. The zero-order valence-electron chi connectivity index (χ0n) is 6.78. The molecule has 1 aromatic rings. The zero-order valence-corrected chi connectivity index (χ0v) is 7.54. The van der Waals surface area contributed by atoms with Crippen LogP contribution in [0.3, 0.4) is 0 Å². The first-order valence-electron chi connectivity index (χ1n) is 3.50. The van der Waals surface area contributed by atoms with E-state index in [1.807, 2.05) is 13.8 Å². The van der Waals surface area contributed by atoms with Crippen molar-refractivity contribution in [2.24, 2.45) is 0 Å². The zero-order chi connectivity index (χ0) is 9.30. The molecule has 12 heavy (non-hydrogen) atoms. The van der Waals surface area contributed by atoms with Crippen LogP contribution >= 0.6 is 11.6 Å². The van der Waals surface area contributed by atoms with Crippen molar-refractivity contribution in [3.8, 4) is 0 Å². The number of nitrogens with zero attached hydrogens (tertiary/aromatic N) is 2. The molecule has 0 aromatic carbocycles. The molecule has 0 aliphatic heterocycles. The smallest absolute Gasteiger partial charge is 0.340 e. The predicted molar refractivity (Wildman–Crippen MR) is 44.6 cm³/mol. The van der Waals surface area contributed by atoms with Gasteiger partial charge in [-0.3, -0.25) is 4.68 Å². The lowest BCUT2D eigenvalue weighted by molar-refractivity contribution is 0.0697. The van der Waals surface area contributed by atoms with Crippen LogP contribution < -0.4 is 0 Å². The summed E-state index contributed by atoms with van der Waals surface area (Å²) in [5, 5.41) is 12.6. The topological polar surface area (TPSA) is 55.1 Å². The Morgan fingerprint density at radius 1 is 1.75 bits per heavy atom. The van der Waals surface area contributed by atoms with Crippen molar-refractivity contribution in [2.75, 3.05) is 0 Å². The Labute approximate surface area is 74.8 Å². The van der Waals surface area contributed by atoms with Gasteiger partial charge in [0.15, 0.2) is 0 Å². The average molecular weight is 189 g/mol. The third-order valence-corrected chi connectivity index (χ3v) is 1.83. The molecule has 0 amide bonds. The number of hydrogen-bond acceptors (Lipinski definition) is 2. The Morgan fingerprint density at radius 3 is 2.58 bits per heavy atom. The Morgan fingerprint density at radius 2 is 2.33 bits per heavy atom. The van der Waals surface area contributed by atoms with E-state index in [1.54, 1.807) is 0 Å². The average Bonchev–Trinajstić information content (AvgIpc) is 2.30. The lowest BCUT2D eigenvalue weighted by atomic mass is 10.3. The van der Waals surface area contributed by atoms with E-state index in [2.05, 4.69) is 5.10 Å². The fourth-order valence-electron chi connectivity index (χ4n) is 0.851. The number of aromatic nitrogens is 2. The highest BCUT2D eigenvalue weighted by atomic mass is 35.5. The van der Waals surface area contributed by atoms with Crippen molar-refractivity contribution in [3.63, 3.8) is 0 Å².